The van der Waals surface area contributed by atoms with Gasteiger partial charge in [-0.3, -0.25) is 9.59 Å². The van der Waals surface area contributed by atoms with E-state index in [2.05, 4.69) is 26.8 Å². The van der Waals surface area contributed by atoms with E-state index >= 15 is 0 Å². The molecule has 0 aromatic rings. The van der Waals surface area contributed by atoms with Crippen molar-refractivity contribution in [3.05, 3.63) is 11.6 Å². The highest BCUT2D eigenvalue weighted by molar-refractivity contribution is 5.92. The predicted molar refractivity (Wildman–Crippen MR) is 227 cm³/mol. The van der Waals surface area contributed by atoms with Gasteiger partial charge in [0.25, 0.3) is 0 Å². The summed E-state index contributed by atoms with van der Waals surface area (Å²) < 4.78 is 35.7. The molecule has 20 nitrogen and oxygen atoms in total. The van der Waals surface area contributed by atoms with Crippen LogP contribution in [0.4, 0.5) is 0 Å². The molecule has 24 atom stereocenters. The standard InChI is InChI=1S/C47H72O20/c1-42(41(60)61)15-21-20-7-8-25-44(3)11-10-27(45(4,19-49)24(44)9-12-47(25,6)46(20,5)14-13-43(21,2)26(51)16-42)64-40-36(32(56)31(55)34(65-40)37(58)59)67-39-35(28(52)22(50)18-62-39)66-38-33(57)30(54)29(53)23(17-48)63-38/h7,21-25,27-36,38-40,48-50,52-57H,8-19H2,1-6H3,(H,58,59)(H,60,61)/t21-,22-,23+,24+,25+,27-,28-,29+,30-,31-,32-,33+,34-,35+,36+,38-,39-,40+,42-,43+,44-,45+,46+,47+/m0/s1. The van der Waals surface area contributed by atoms with Gasteiger partial charge in [-0.05, 0) is 92.3 Å². The van der Waals surface area contributed by atoms with Crippen molar-refractivity contribution in [1.82, 2.24) is 0 Å². The molecule has 20 heteroatoms. The fourth-order valence-electron chi connectivity index (χ4n) is 14.6. The van der Waals surface area contributed by atoms with Crippen LogP contribution in [0, 0.1) is 50.2 Å². The monoisotopic (exact) mass is 956 g/mol. The largest absolute Gasteiger partial charge is 0.481 e. The molecular formula is C47H72O20. The van der Waals surface area contributed by atoms with E-state index in [1.165, 1.54) is 5.57 Å². The van der Waals surface area contributed by atoms with Crippen LogP contribution in [0.5, 0.6) is 0 Å². The molecule has 8 aliphatic rings. The van der Waals surface area contributed by atoms with Crippen molar-refractivity contribution in [1.29, 1.82) is 0 Å². The third-order valence-electron chi connectivity index (χ3n) is 19.2. The van der Waals surface area contributed by atoms with Crippen LogP contribution in [0.1, 0.15) is 99.3 Å². The van der Waals surface area contributed by atoms with Gasteiger partial charge in [0.15, 0.2) is 25.0 Å². The topological polar surface area (TPSA) is 329 Å². The van der Waals surface area contributed by atoms with Gasteiger partial charge in [0, 0.05) is 17.3 Å². The first-order chi connectivity index (χ1) is 31.3. The molecule has 8 rings (SSSR count). The number of fused-ring (bicyclic) bond motifs is 7. The molecule has 0 unspecified atom stereocenters. The number of hydrogen-bond acceptors (Lipinski definition) is 18. The maximum Gasteiger partial charge on any atom is 0.335 e. The first-order valence-corrected chi connectivity index (χ1v) is 23.8. The number of carboxylic acid groups (broad SMARTS) is 2. The summed E-state index contributed by atoms with van der Waals surface area (Å²) in [5, 5.41) is 117. The smallest absolute Gasteiger partial charge is 0.335 e. The lowest BCUT2D eigenvalue weighted by atomic mass is 9.33. The number of ether oxygens (including phenoxy) is 6. The fourth-order valence-corrected chi connectivity index (χ4v) is 14.6. The van der Waals surface area contributed by atoms with E-state index in [0.29, 0.717) is 38.5 Å². The number of carbonyl (C=O) groups excluding carboxylic acids is 1. The molecule has 5 aliphatic carbocycles. The highest BCUT2D eigenvalue weighted by Gasteiger charge is 2.70. The van der Waals surface area contributed by atoms with E-state index in [4.69, 9.17) is 28.4 Å². The van der Waals surface area contributed by atoms with Crippen molar-refractivity contribution >= 4 is 17.7 Å². The zero-order valence-corrected chi connectivity index (χ0v) is 39.0. The minimum absolute atomic E-state index is 0.00626. The van der Waals surface area contributed by atoms with E-state index in [-0.39, 0.29) is 52.8 Å². The first-order valence-electron chi connectivity index (χ1n) is 23.8. The molecule has 0 bridgehead atoms. The molecular weight excluding hydrogens is 884 g/mol. The lowest BCUT2D eigenvalue weighted by molar-refractivity contribution is -0.388. The van der Waals surface area contributed by atoms with Gasteiger partial charge in [-0.1, -0.05) is 46.3 Å². The van der Waals surface area contributed by atoms with Crippen LogP contribution >= 0.6 is 0 Å². The summed E-state index contributed by atoms with van der Waals surface area (Å²) in [7, 11) is 0. The molecule has 380 valence electrons. The van der Waals surface area contributed by atoms with E-state index in [0.717, 1.165) is 12.8 Å². The molecule has 0 aromatic carbocycles. The van der Waals surface area contributed by atoms with E-state index in [9.17, 15) is 70.6 Å². The van der Waals surface area contributed by atoms with Crippen LogP contribution in [0.3, 0.4) is 0 Å². The molecule has 4 saturated carbocycles. The van der Waals surface area contributed by atoms with Gasteiger partial charge in [0.1, 0.15) is 66.8 Å². The Labute approximate surface area is 389 Å². The van der Waals surface area contributed by atoms with Crippen molar-refractivity contribution in [2.24, 2.45) is 50.2 Å². The summed E-state index contributed by atoms with van der Waals surface area (Å²) in [5.41, 5.74) is -2.60. The Kier molecular flexibility index (Phi) is 13.6. The lowest BCUT2D eigenvalue weighted by Gasteiger charge is -2.71. The minimum Gasteiger partial charge on any atom is -0.481 e. The van der Waals surface area contributed by atoms with Gasteiger partial charge < -0.3 is 84.6 Å². The number of ketones is 1. The minimum atomic E-state index is -2.07. The summed E-state index contributed by atoms with van der Waals surface area (Å²) in [4.78, 5) is 38.8. The maximum absolute atomic E-state index is 13.8. The van der Waals surface area contributed by atoms with Gasteiger partial charge in [-0.2, -0.15) is 0 Å². The number of aliphatic hydroxyl groups is 9. The zero-order chi connectivity index (χ0) is 49.1. The Morgan fingerprint density at radius 1 is 0.731 bits per heavy atom. The quantitative estimate of drug-likeness (QED) is 0.0979. The normalized spacial score (nSPS) is 54.4. The second kappa shape index (κ2) is 17.8. The molecule has 0 radical (unpaired) electrons. The van der Waals surface area contributed by atoms with Crippen molar-refractivity contribution in [2.75, 3.05) is 19.8 Å². The summed E-state index contributed by atoms with van der Waals surface area (Å²) in [5.74, 6) is -2.84. The van der Waals surface area contributed by atoms with Gasteiger partial charge in [-0.25, -0.2) is 4.79 Å². The third-order valence-corrected chi connectivity index (χ3v) is 19.2. The van der Waals surface area contributed by atoms with Crippen LogP contribution < -0.4 is 0 Å². The van der Waals surface area contributed by atoms with Gasteiger partial charge in [-0.15, -0.1) is 0 Å². The van der Waals surface area contributed by atoms with Crippen molar-refractivity contribution in [2.45, 2.75) is 191 Å². The summed E-state index contributed by atoms with van der Waals surface area (Å²) in [6, 6.07) is 0. The van der Waals surface area contributed by atoms with Gasteiger partial charge >= 0.3 is 11.9 Å². The second-order valence-electron chi connectivity index (χ2n) is 22.7. The van der Waals surface area contributed by atoms with E-state index < -0.39 is 134 Å². The number of aliphatic carboxylic acids is 2. The predicted octanol–water partition coefficient (Wildman–Crippen LogP) is -0.411. The summed E-state index contributed by atoms with van der Waals surface area (Å²) in [6.45, 7) is 10.8. The van der Waals surface area contributed by atoms with Crippen LogP contribution in [0.25, 0.3) is 0 Å². The van der Waals surface area contributed by atoms with Crippen LogP contribution in [-0.4, -0.2) is 186 Å². The summed E-state index contributed by atoms with van der Waals surface area (Å²) >= 11 is 0. The van der Waals surface area contributed by atoms with Gasteiger partial charge in [0.2, 0.25) is 0 Å². The Bertz CT molecular complexity index is 1930. The average molecular weight is 957 g/mol. The highest BCUT2D eigenvalue weighted by atomic mass is 16.8. The molecule has 67 heavy (non-hydrogen) atoms. The first kappa shape index (κ1) is 51.1. The number of Topliss-reactive ketones (excluding diaryl/α,β-unsaturated/α-hetero) is 1. The number of hydrogen-bond donors (Lipinski definition) is 11. The van der Waals surface area contributed by atoms with E-state index in [1.54, 1.807) is 6.92 Å². The van der Waals surface area contributed by atoms with Crippen LogP contribution in [0.15, 0.2) is 11.6 Å². The number of carbonyl (C=O) groups is 3. The fraction of sp³-hybridized carbons (Fsp3) is 0.894. The molecule has 0 spiro atoms. The molecule has 0 amide bonds. The van der Waals surface area contributed by atoms with Crippen molar-refractivity contribution in [3.63, 3.8) is 0 Å². The van der Waals surface area contributed by atoms with Gasteiger partial charge in [0.05, 0.1) is 31.3 Å². The molecule has 0 aromatic heterocycles. The number of carboxylic acids is 2. The third kappa shape index (κ3) is 7.78. The Balaban J connectivity index is 1.06. The molecule has 11 N–H and O–H groups in total. The van der Waals surface area contributed by atoms with Crippen molar-refractivity contribution in [3.8, 4) is 0 Å². The second-order valence-corrected chi connectivity index (χ2v) is 22.7. The lowest BCUT2D eigenvalue weighted by Crippen LogP contribution is -2.68. The Morgan fingerprint density at radius 3 is 2.04 bits per heavy atom. The number of rotatable bonds is 10. The zero-order valence-electron chi connectivity index (χ0n) is 39.0. The van der Waals surface area contributed by atoms with E-state index in [1.807, 2.05) is 13.8 Å². The molecule has 3 aliphatic heterocycles. The molecule has 7 fully saturated rings. The Morgan fingerprint density at radius 2 is 1.40 bits per heavy atom. The van der Waals surface area contributed by atoms with Crippen LogP contribution in [0.2, 0.25) is 0 Å². The highest BCUT2D eigenvalue weighted by Crippen LogP contribution is 2.75. The van der Waals surface area contributed by atoms with Crippen molar-refractivity contribution < 1.29 is 99.0 Å². The molecule has 3 heterocycles. The Hall–Kier alpha value is -2.25. The average Bonchev–Trinajstić information content (AvgIpc) is 3.27. The summed E-state index contributed by atoms with van der Waals surface area (Å²) in [6.07, 6.45) is -19.0. The number of aliphatic hydroxyl groups excluding tert-OH is 9. The number of allylic oxidation sites excluding steroid dienone is 2. The maximum atomic E-state index is 13.8. The molecule has 3 saturated heterocycles. The SMILES string of the molecule is C[C@@]1(C(=O)O)CC(=O)[C@]2(C)CC[C@]3(C)C(=CC[C@@H]4[C@@]5(C)CC[C@H](O[C@@H]6O[C@H](C(=O)O)[C@@H](O)[C@H](O)[C@H]6O[C@@H]6OC[C@H](O)[C@H](O)[C@H]6O[C@@H]6O[C@H](CO)[C@@H](O)[C@H](O)[C@H]6O)[C@](C)(CO)[C@@H]5CC[C@]43C)[C@@H]2C1. The van der Waals surface area contributed by atoms with Crippen LogP contribution in [-0.2, 0) is 42.8 Å².